The molecule has 172 valence electrons. The van der Waals surface area contributed by atoms with Crippen molar-refractivity contribution in [3.05, 3.63) is 86.9 Å². The number of halogens is 1. The van der Waals surface area contributed by atoms with Crippen LogP contribution in [0.5, 0.6) is 17.2 Å². The van der Waals surface area contributed by atoms with Crippen LogP contribution in [-0.2, 0) is 0 Å². The first-order valence-corrected chi connectivity index (χ1v) is 10.7. The number of carbonyl (C=O) groups excluding carboxylic acids is 1. The third-order valence-corrected chi connectivity index (χ3v) is 5.96. The van der Waals surface area contributed by atoms with Gasteiger partial charge in [0.15, 0.2) is 16.9 Å². The Balaban J connectivity index is 1.83. The molecule has 1 aliphatic heterocycles. The maximum absolute atomic E-state index is 13.6. The van der Waals surface area contributed by atoms with Gasteiger partial charge in [-0.25, -0.2) is 4.98 Å². The molecule has 0 radical (unpaired) electrons. The van der Waals surface area contributed by atoms with Crippen molar-refractivity contribution in [1.82, 2.24) is 4.98 Å². The molecule has 0 bridgehead atoms. The van der Waals surface area contributed by atoms with Crippen LogP contribution in [0.1, 0.15) is 27.7 Å². The number of pyridine rings is 1. The fourth-order valence-electron chi connectivity index (χ4n) is 4.24. The highest BCUT2D eigenvalue weighted by atomic mass is 35.5. The Morgan fingerprint density at radius 3 is 2.29 bits per heavy atom. The lowest BCUT2D eigenvalue weighted by Gasteiger charge is -2.25. The number of carbonyl (C=O) groups is 1. The molecular weight excluding hydrogens is 460 g/mol. The molecule has 0 aliphatic carbocycles. The molecule has 2 aromatic carbocycles. The van der Waals surface area contributed by atoms with E-state index in [4.69, 9.17) is 30.2 Å². The van der Waals surface area contributed by atoms with Crippen LogP contribution >= 0.6 is 11.6 Å². The minimum atomic E-state index is -0.856. The van der Waals surface area contributed by atoms with E-state index in [-0.39, 0.29) is 16.8 Å². The van der Waals surface area contributed by atoms with Gasteiger partial charge < -0.3 is 18.6 Å². The van der Waals surface area contributed by atoms with Crippen LogP contribution in [0.2, 0.25) is 5.02 Å². The summed E-state index contributed by atoms with van der Waals surface area (Å²) in [5, 5.41) is 0.787. The third-order valence-electron chi connectivity index (χ3n) is 5.74. The van der Waals surface area contributed by atoms with E-state index >= 15 is 0 Å². The molecule has 34 heavy (non-hydrogen) atoms. The number of anilines is 1. The minimum absolute atomic E-state index is 0.0424. The van der Waals surface area contributed by atoms with Gasteiger partial charge in [0.1, 0.15) is 11.4 Å². The zero-order valence-electron chi connectivity index (χ0n) is 18.5. The van der Waals surface area contributed by atoms with Crippen LogP contribution in [0.4, 0.5) is 5.82 Å². The molecule has 3 heterocycles. The highest BCUT2D eigenvalue weighted by Crippen LogP contribution is 2.46. The lowest BCUT2D eigenvalue weighted by Crippen LogP contribution is -2.30. The van der Waals surface area contributed by atoms with Gasteiger partial charge in [-0.3, -0.25) is 14.5 Å². The van der Waals surface area contributed by atoms with E-state index in [0.717, 1.165) is 0 Å². The fraction of sp³-hybridized carbons (Fsp3) is 0.160. The van der Waals surface area contributed by atoms with E-state index in [2.05, 4.69) is 4.98 Å². The number of amides is 1. The molecule has 1 aliphatic rings. The molecule has 0 saturated heterocycles. The second kappa shape index (κ2) is 8.39. The molecule has 4 aromatic rings. The topological polar surface area (TPSA) is 91.1 Å². The molecule has 0 spiro atoms. The number of benzene rings is 2. The maximum Gasteiger partial charge on any atom is 0.296 e. The van der Waals surface area contributed by atoms with Crippen molar-refractivity contribution in [3.63, 3.8) is 0 Å². The molecule has 0 fully saturated rings. The Kier molecular flexibility index (Phi) is 5.37. The molecule has 1 amide bonds. The summed E-state index contributed by atoms with van der Waals surface area (Å²) in [6.45, 7) is 0. The van der Waals surface area contributed by atoms with Crippen molar-refractivity contribution in [2.75, 3.05) is 26.2 Å². The Bertz CT molecular complexity index is 1460. The first kappa shape index (κ1) is 21.8. The van der Waals surface area contributed by atoms with Gasteiger partial charge in [-0.05, 0) is 42.0 Å². The van der Waals surface area contributed by atoms with Crippen LogP contribution in [0.25, 0.3) is 11.0 Å². The summed E-state index contributed by atoms with van der Waals surface area (Å²) in [6, 6.07) is 12.6. The molecule has 0 N–H and O–H groups in total. The number of nitrogens with zero attached hydrogens (tertiary/aromatic N) is 2. The van der Waals surface area contributed by atoms with Crippen molar-refractivity contribution in [2.45, 2.75) is 6.04 Å². The quantitative estimate of drug-likeness (QED) is 0.413. The average Bonchev–Trinajstić information content (AvgIpc) is 3.16. The summed E-state index contributed by atoms with van der Waals surface area (Å²) in [4.78, 5) is 33.0. The number of methoxy groups -OCH3 is 3. The first-order valence-electron chi connectivity index (χ1n) is 10.3. The first-order chi connectivity index (χ1) is 16.5. The van der Waals surface area contributed by atoms with Gasteiger partial charge in [0.05, 0.1) is 43.3 Å². The van der Waals surface area contributed by atoms with Gasteiger partial charge in [-0.2, -0.15) is 0 Å². The largest absolute Gasteiger partial charge is 0.493 e. The summed E-state index contributed by atoms with van der Waals surface area (Å²) in [5.74, 6) is 0.924. The number of hydrogen-bond donors (Lipinski definition) is 0. The number of para-hydroxylation sites is 1. The summed E-state index contributed by atoms with van der Waals surface area (Å²) in [6.07, 6.45) is 1.44. The molecular formula is C25H19ClN2O6. The second-order valence-corrected chi connectivity index (χ2v) is 7.98. The molecule has 2 aromatic heterocycles. The van der Waals surface area contributed by atoms with Crippen LogP contribution < -0.4 is 24.5 Å². The van der Waals surface area contributed by atoms with Crippen LogP contribution in [0, 0.1) is 0 Å². The predicted octanol–water partition coefficient (Wildman–Crippen LogP) is 4.62. The highest BCUT2D eigenvalue weighted by Gasteiger charge is 2.44. The Hall–Kier alpha value is -4.04. The zero-order valence-corrected chi connectivity index (χ0v) is 19.3. The van der Waals surface area contributed by atoms with Gasteiger partial charge in [-0.1, -0.05) is 23.7 Å². The van der Waals surface area contributed by atoms with Crippen molar-refractivity contribution < 1.29 is 23.4 Å². The lowest BCUT2D eigenvalue weighted by atomic mass is 9.97. The van der Waals surface area contributed by atoms with Gasteiger partial charge in [0.2, 0.25) is 11.5 Å². The minimum Gasteiger partial charge on any atom is -0.493 e. The Labute approximate surface area is 199 Å². The van der Waals surface area contributed by atoms with Crippen LogP contribution in [0.3, 0.4) is 0 Å². The number of ether oxygens (including phenoxy) is 3. The normalized spacial score (nSPS) is 14.9. The van der Waals surface area contributed by atoms with E-state index in [1.807, 2.05) is 0 Å². The smallest absolute Gasteiger partial charge is 0.296 e. The molecule has 0 unspecified atom stereocenters. The average molecular weight is 479 g/mol. The van der Waals surface area contributed by atoms with E-state index in [1.165, 1.54) is 32.4 Å². The molecule has 1 atom stereocenters. The molecule has 9 heteroatoms. The summed E-state index contributed by atoms with van der Waals surface area (Å²) < 4.78 is 22.4. The van der Waals surface area contributed by atoms with Crippen molar-refractivity contribution in [2.24, 2.45) is 0 Å². The second-order valence-electron chi connectivity index (χ2n) is 7.54. The van der Waals surface area contributed by atoms with Crippen molar-refractivity contribution in [3.8, 4) is 17.2 Å². The van der Waals surface area contributed by atoms with E-state index in [9.17, 15) is 9.59 Å². The highest BCUT2D eigenvalue weighted by molar-refractivity contribution is 6.30. The van der Waals surface area contributed by atoms with Gasteiger partial charge in [-0.15, -0.1) is 0 Å². The number of fused-ring (bicyclic) bond motifs is 2. The number of aromatic nitrogens is 1. The van der Waals surface area contributed by atoms with Gasteiger partial charge in [0, 0.05) is 6.20 Å². The van der Waals surface area contributed by atoms with Gasteiger partial charge >= 0.3 is 0 Å². The van der Waals surface area contributed by atoms with Gasteiger partial charge in [0.25, 0.3) is 5.91 Å². The lowest BCUT2D eigenvalue weighted by molar-refractivity contribution is 0.0970. The maximum atomic E-state index is 13.6. The summed E-state index contributed by atoms with van der Waals surface area (Å²) in [7, 11) is 4.49. The monoisotopic (exact) mass is 478 g/mol. The van der Waals surface area contributed by atoms with E-state index < -0.39 is 11.9 Å². The molecule has 0 saturated carbocycles. The zero-order chi connectivity index (χ0) is 24.0. The van der Waals surface area contributed by atoms with Crippen LogP contribution in [-0.4, -0.2) is 32.2 Å². The SMILES string of the molecule is COc1cc([C@@H]2c3c(oc4ccccc4c3=O)C(=O)N2c2ccc(Cl)cn2)cc(OC)c1OC. The van der Waals surface area contributed by atoms with E-state index in [0.29, 0.717) is 44.6 Å². The summed E-state index contributed by atoms with van der Waals surface area (Å²) in [5.41, 5.74) is 0.783. The summed E-state index contributed by atoms with van der Waals surface area (Å²) >= 11 is 6.02. The molecule has 5 rings (SSSR count). The fourth-order valence-corrected chi connectivity index (χ4v) is 4.35. The van der Waals surface area contributed by atoms with E-state index in [1.54, 1.807) is 48.5 Å². The predicted molar refractivity (Wildman–Crippen MR) is 126 cm³/mol. The Morgan fingerprint density at radius 1 is 0.971 bits per heavy atom. The Morgan fingerprint density at radius 2 is 1.68 bits per heavy atom. The van der Waals surface area contributed by atoms with Crippen molar-refractivity contribution in [1.29, 1.82) is 0 Å². The standard InChI is InChI=1S/C25H19ClN2O6/c1-31-17-10-13(11-18(32-2)23(17)33-3)21-20-22(29)15-6-4-5-7-16(15)34-24(20)25(30)28(21)19-9-8-14(26)12-27-19/h4-12,21H,1-3H3/t21-/m1/s1. The number of rotatable bonds is 5. The van der Waals surface area contributed by atoms with Crippen LogP contribution in [0.15, 0.2) is 63.9 Å². The number of hydrogen-bond acceptors (Lipinski definition) is 7. The third kappa shape index (κ3) is 3.26. The molecule has 8 nitrogen and oxygen atoms in total. The van der Waals surface area contributed by atoms with Crippen molar-refractivity contribution >= 4 is 34.3 Å².